The third-order valence-corrected chi connectivity index (χ3v) is 5.51. The molecule has 0 saturated heterocycles. The molecule has 0 amide bonds. The molecule has 0 aliphatic heterocycles. The number of benzene rings is 3. The zero-order valence-electron chi connectivity index (χ0n) is 15.6. The molecule has 3 heteroatoms. The quantitative estimate of drug-likeness (QED) is 0.311. The first-order valence-electron chi connectivity index (χ1n) is 9.39. The highest BCUT2D eigenvalue weighted by molar-refractivity contribution is 6.10. The van der Waals surface area contributed by atoms with Gasteiger partial charge in [0.2, 0.25) is 0 Å². The predicted molar refractivity (Wildman–Crippen MR) is 114 cm³/mol. The Kier molecular flexibility index (Phi) is 3.01. The number of hydrogen-bond acceptors (Lipinski definition) is 3. The second-order valence-corrected chi connectivity index (χ2v) is 7.40. The van der Waals surface area contributed by atoms with E-state index in [0.717, 1.165) is 60.7 Å². The van der Waals surface area contributed by atoms with E-state index in [0.29, 0.717) is 0 Å². The van der Waals surface area contributed by atoms with Crippen molar-refractivity contribution in [2.24, 2.45) is 0 Å². The van der Waals surface area contributed by atoms with Gasteiger partial charge in [-0.15, -0.1) is 0 Å². The number of nitrogens with zero attached hydrogens (tertiary/aromatic N) is 1. The highest BCUT2D eigenvalue weighted by atomic mass is 16.3. The van der Waals surface area contributed by atoms with Gasteiger partial charge in [-0.05, 0) is 37.1 Å². The minimum atomic E-state index is 0.846. The van der Waals surface area contributed by atoms with E-state index in [-0.39, 0.29) is 0 Å². The number of fused-ring (bicyclic) bond motifs is 6. The molecule has 28 heavy (non-hydrogen) atoms. The van der Waals surface area contributed by atoms with Crippen molar-refractivity contribution < 1.29 is 8.83 Å². The third kappa shape index (κ3) is 2.07. The van der Waals surface area contributed by atoms with E-state index < -0.39 is 0 Å². The Bertz CT molecular complexity index is 1530. The minimum absolute atomic E-state index is 0.846. The number of pyridine rings is 1. The van der Waals surface area contributed by atoms with Crippen LogP contribution < -0.4 is 0 Å². The zero-order chi connectivity index (χ0) is 18.8. The molecule has 0 saturated carbocycles. The van der Waals surface area contributed by atoms with Crippen molar-refractivity contribution in [2.45, 2.75) is 13.8 Å². The molecule has 3 aromatic carbocycles. The van der Waals surface area contributed by atoms with Crippen molar-refractivity contribution in [3.05, 3.63) is 78.0 Å². The van der Waals surface area contributed by atoms with Gasteiger partial charge in [-0.3, -0.25) is 4.98 Å². The summed E-state index contributed by atoms with van der Waals surface area (Å²) in [7, 11) is 0. The van der Waals surface area contributed by atoms with E-state index in [9.17, 15) is 0 Å². The molecule has 0 fully saturated rings. The van der Waals surface area contributed by atoms with Crippen LogP contribution in [-0.2, 0) is 0 Å². The van der Waals surface area contributed by atoms with Crippen molar-refractivity contribution in [1.82, 2.24) is 4.98 Å². The van der Waals surface area contributed by atoms with Crippen LogP contribution in [0.4, 0.5) is 0 Å². The minimum Gasteiger partial charge on any atom is -0.456 e. The zero-order valence-corrected chi connectivity index (χ0v) is 15.6. The molecular weight excluding hydrogens is 346 g/mol. The summed E-state index contributed by atoms with van der Waals surface area (Å²) in [6.45, 7) is 4.14. The first kappa shape index (κ1) is 15.5. The highest BCUT2D eigenvalue weighted by Crippen LogP contribution is 2.37. The van der Waals surface area contributed by atoms with Crippen LogP contribution in [0.5, 0.6) is 0 Å². The summed E-state index contributed by atoms with van der Waals surface area (Å²) in [4.78, 5) is 4.75. The highest BCUT2D eigenvalue weighted by Gasteiger charge is 2.15. The molecule has 0 radical (unpaired) electrons. The first-order chi connectivity index (χ1) is 13.7. The molecule has 3 heterocycles. The normalized spacial score (nSPS) is 11.9. The molecule has 0 unspecified atom stereocenters. The largest absolute Gasteiger partial charge is 0.456 e. The van der Waals surface area contributed by atoms with Crippen molar-refractivity contribution >= 4 is 43.9 Å². The average molecular weight is 363 g/mol. The molecule has 0 bridgehead atoms. The van der Waals surface area contributed by atoms with Gasteiger partial charge in [0.05, 0.1) is 5.69 Å². The van der Waals surface area contributed by atoms with Crippen LogP contribution >= 0.6 is 0 Å². The summed E-state index contributed by atoms with van der Waals surface area (Å²) in [5.74, 6) is 0. The smallest absolute Gasteiger partial charge is 0.144 e. The molecule has 0 aliphatic carbocycles. The summed E-state index contributed by atoms with van der Waals surface area (Å²) in [6.07, 6.45) is 1.90. The third-order valence-electron chi connectivity index (χ3n) is 5.51. The van der Waals surface area contributed by atoms with Gasteiger partial charge in [0.25, 0.3) is 0 Å². The number of aryl methyl sites for hydroxylation is 2. The van der Waals surface area contributed by atoms with Crippen molar-refractivity contribution in [3.63, 3.8) is 0 Å². The van der Waals surface area contributed by atoms with Gasteiger partial charge in [0.1, 0.15) is 22.3 Å². The fourth-order valence-electron chi connectivity index (χ4n) is 4.09. The fourth-order valence-corrected chi connectivity index (χ4v) is 4.09. The Morgan fingerprint density at radius 3 is 2.32 bits per heavy atom. The van der Waals surface area contributed by atoms with Crippen LogP contribution in [0.25, 0.3) is 55.1 Å². The molecule has 6 rings (SSSR count). The van der Waals surface area contributed by atoms with Gasteiger partial charge in [-0.2, -0.15) is 0 Å². The predicted octanol–water partition coefficient (Wildman–Crippen LogP) is 7.16. The Hall–Kier alpha value is -3.59. The lowest BCUT2D eigenvalue weighted by molar-refractivity contribution is 0.665. The number of hydrogen-bond donors (Lipinski definition) is 0. The Morgan fingerprint density at radius 2 is 1.43 bits per heavy atom. The van der Waals surface area contributed by atoms with E-state index >= 15 is 0 Å². The standard InChI is InChI=1S/C25H17NO2/c1-14-9-10-16-17-7-4-8-19(25(17)28-22(16)11-14)21-12-23-20(13-26-21)18-6-3-5-15(2)24(18)27-23/h3-13H,1-2H3. The van der Waals surface area contributed by atoms with Crippen LogP contribution in [0.1, 0.15) is 11.1 Å². The van der Waals surface area contributed by atoms with Crippen LogP contribution in [0.15, 0.2) is 75.7 Å². The van der Waals surface area contributed by atoms with Crippen LogP contribution in [-0.4, -0.2) is 4.98 Å². The number of furan rings is 2. The molecule has 6 aromatic rings. The fraction of sp³-hybridized carbons (Fsp3) is 0.0800. The summed E-state index contributed by atoms with van der Waals surface area (Å²) in [6, 6.07) is 20.7. The summed E-state index contributed by atoms with van der Waals surface area (Å²) >= 11 is 0. The summed E-state index contributed by atoms with van der Waals surface area (Å²) in [5, 5.41) is 4.37. The lowest BCUT2D eigenvalue weighted by Crippen LogP contribution is -1.83. The van der Waals surface area contributed by atoms with Crippen molar-refractivity contribution in [1.29, 1.82) is 0 Å². The van der Waals surface area contributed by atoms with E-state index in [2.05, 4.69) is 68.4 Å². The molecule has 134 valence electrons. The molecule has 3 nitrogen and oxygen atoms in total. The summed E-state index contributed by atoms with van der Waals surface area (Å²) < 4.78 is 12.4. The van der Waals surface area contributed by atoms with E-state index in [4.69, 9.17) is 13.8 Å². The van der Waals surface area contributed by atoms with Gasteiger partial charge >= 0.3 is 0 Å². The van der Waals surface area contributed by atoms with Crippen LogP contribution in [0.3, 0.4) is 0 Å². The Morgan fingerprint density at radius 1 is 0.679 bits per heavy atom. The Labute approximate surface area is 161 Å². The molecule has 3 aromatic heterocycles. The van der Waals surface area contributed by atoms with Gasteiger partial charge in [-0.1, -0.05) is 42.5 Å². The van der Waals surface area contributed by atoms with Gasteiger partial charge in [0.15, 0.2) is 0 Å². The molecular formula is C25H17NO2. The van der Waals surface area contributed by atoms with E-state index in [1.54, 1.807) is 0 Å². The molecule has 0 atom stereocenters. The monoisotopic (exact) mass is 363 g/mol. The van der Waals surface area contributed by atoms with Crippen LogP contribution in [0, 0.1) is 13.8 Å². The maximum Gasteiger partial charge on any atom is 0.144 e. The first-order valence-corrected chi connectivity index (χ1v) is 9.39. The Balaban J connectivity index is 1.64. The molecule has 0 aliphatic rings. The SMILES string of the molecule is Cc1ccc2c(c1)oc1c(-c3cc4oc5c(C)cccc5c4cn3)cccc12. The van der Waals surface area contributed by atoms with Gasteiger partial charge < -0.3 is 8.83 Å². The van der Waals surface area contributed by atoms with Crippen molar-refractivity contribution in [3.8, 4) is 11.3 Å². The number of aromatic nitrogens is 1. The van der Waals surface area contributed by atoms with Gasteiger partial charge in [-0.25, -0.2) is 0 Å². The molecule has 0 spiro atoms. The second kappa shape index (κ2) is 5.46. The second-order valence-electron chi connectivity index (χ2n) is 7.40. The van der Waals surface area contributed by atoms with E-state index in [1.807, 2.05) is 12.3 Å². The van der Waals surface area contributed by atoms with Crippen LogP contribution in [0.2, 0.25) is 0 Å². The maximum atomic E-state index is 6.24. The lowest BCUT2D eigenvalue weighted by Gasteiger charge is -2.01. The maximum absolute atomic E-state index is 6.24. The van der Waals surface area contributed by atoms with Crippen molar-refractivity contribution in [2.75, 3.05) is 0 Å². The number of rotatable bonds is 1. The topological polar surface area (TPSA) is 39.2 Å². The lowest BCUT2D eigenvalue weighted by atomic mass is 10.0. The van der Waals surface area contributed by atoms with E-state index in [1.165, 1.54) is 5.56 Å². The molecule has 0 N–H and O–H groups in total. The van der Waals surface area contributed by atoms with Gasteiger partial charge in [0, 0.05) is 39.4 Å². The number of para-hydroxylation sites is 2. The summed E-state index contributed by atoms with van der Waals surface area (Å²) in [5.41, 5.74) is 7.68. The average Bonchev–Trinajstić information content (AvgIpc) is 3.25.